The molecule has 0 aromatic heterocycles. The minimum absolute atomic E-state index is 0.161. The summed E-state index contributed by atoms with van der Waals surface area (Å²) < 4.78 is 5.93. The van der Waals surface area contributed by atoms with Crippen LogP contribution in [0.15, 0.2) is 42.5 Å². The molecular formula is C18H22ClNO. The predicted octanol–water partition coefficient (Wildman–Crippen LogP) is 4.55. The highest BCUT2D eigenvalue weighted by Crippen LogP contribution is 2.24. The summed E-state index contributed by atoms with van der Waals surface area (Å²) in [6, 6.07) is 14.5. The number of benzene rings is 2. The standard InChI is InChI=1S/C18H22ClNO/c1-4-14-6-8-15(9-7-14)17(20-3)12-21-18-11-16(19)10-5-13(18)2/h5-11,17,20H,4,12H2,1-3H3. The van der Waals surface area contributed by atoms with Crippen LogP contribution in [0.4, 0.5) is 0 Å². The van der Waals surface area contributed by atoms with Crippen molar-refractivity contribution < 1.29 is 4.74 Å². The number of halogens is 1. The van der Waals surface area contributed by atoms with Gasteiger partial charge in [0.15, 0.2) is 0 Å². The van der Waals surface area contributed by atoms with Gasteiger partial charge in [0.2, 0.25) is 0 Å². The van der Waals surface area contributed by atoms with Crippen LogP contribution in [0.3, 0.4) is 0 Å². The van der Waals surface area contributed by atoms with E-state index in [9.17, 15) is 0 Å². The van der Waals surface area contributed by atoms with Crippen LogP contribution in [0.2, 0.25) is 5.02 Å². The topological polar surface area (TPSA) is 21.3 Å². The summed E-state index contributed by atoms with van der Waals surface area (Å²) in [5.41, 5.74) is 3.67. The zero-order valence-corrected chi connectivity index (χ0v) is 13.6. The van der Waals surface area contributed by atoms with Crippen molar-refractivity contribution in [3.05, 3.63) is 64.2 Å². The second-order valence-electron chi connectivity index (χ2n) is 5.16. The number of nitrogens with one attached hydrogen (secondary N) is 1. The lowest BCUT2D eigenvalue weighted by atomic mass is 10.0. The van der Waals surface area contributed by atoms with Gasteiger partial charge in [0.05, 0.1) is 6.04 Å². The van der Waals surface area contributed by atoms with Crippen LogP contribution >= 0.6 is 11.6 Å². The molecule has 1 N–H and O–H groups in total. The Morgan fingerprint density at radius 3 is 2.48 bits per heavy atom. The maximum absolute atomic E-state index is 6.02. The molecule has 0 aliphatic carbocycles. The smallest absolute Gasteiger partial charge is 0.123 e. The molecule has 2 aromatic carbocycles. The van der Waals surface area contributed by atoms with Crippen LogP contribution in [0.1, 0.15) is 29.7 Å². The van der Waals surface area contributed by atoms with E-state index in [-0.39, 0.29) is 6.04 Å². The molecule has 21 heavy (non-hydrogen) atoms. The van der Waals surface area contributed by atoms with Gasteiger partial charge in [-0.15, -0.1) is 0 Å². The normalized spacial score (nSPS) is 12.2. The second-order valence-corrected chi connectivity index (χ2v) is 5.59. The molecule has 2 nitrogen and oxygen atoms in total. The molecule has 0 radical (unpaired) electrons. The number of hydrogen-bond donors (Lipinski definition) is 1. The van der Waals surface area contributed by atoms with Gasteiger partial charge < -0.3 is 10.1 Å². The molecule has 0 amide bonds. The number of ether oxygens (including phenoxy) is 1. The van der Waals surface area contributed by atoms with E-state index in [2.05, 4.69) is 36.5 Å². The summed E-state index contributed by atoms with van der Waals surface area (Å²) in [4.78, 5) is 0. The summed E-state index contributed by atoms with van der Waals surface area (Å²) in [7, 11) is 1.95. The van der Waals surface area contributed by atoms with Crippen LogP contribution < -0.4 is 10.1 Å². The lowest BCUT2D eigenvalue weighted by molar-refractivity contribution is 0.271. The second kappa shape index (κ2) is 7.48. The highest BCUT2D eigenvalue weighted by molar-refractivity contribution is 6.30. The molecule has 0 saturated heterocycles. The Balaban J connectivity index is 2.06. The molecule has 2 rings (SSSR count). The largest absolute Gasteiger partial charge is 0.491 e. The first-order valence-electron chi connectivity index (χ1n) is 7.29. The van der Waals surface area contributed by atoms with E-state index in [1.54, 1.807) is 0 Å². The van der Waals surface area contributed by atoms with E-state index < -0.39 is 0 Å². The first-order chi connectivity index (χ1) is 10.1. The minimum Gasteiger partial charge on any atom is -0.491 e. The van der Waals surface area contributed by atoms with Crippen molar-refractivity contribution in [2.24, 2.45) is 0 Å². The molecule has 2 aromatic rings. The molecule has 0 bridgehead atoms. The van der Waals surface area contributed by atoms with Crippen LogP contribution in [0.5, 0.6) is 5.75 Å². The van der Waals surface area contributed by atoms with E-state index in [4.69, 9.17) is 16.3 Å². The maximum atomic E-state index is 6.02. The monoisotopic (exact) mass is 303 g/mol. The highest BCUT2D eigenvalue weighted by atomic mass is 35.5. The molecule has 0 aliphatic rings. The van der Waals surface area contributed by atoms with Gasteiger partial charge in [-0.05, 0) is 49.2 Å². The van der Waals surface area contributed by atoms with Gasteiger partial charge in [0, 0.05) is 5.02 Å². The average Bonchev–Trinajstić information content (AvgIpc) is 2.51. The number of rotatable bonds is 6. The third kappa shape index (κ3) is 4.23. The fourth-order valence-electron chi connectivity index (χ4n) is 2.23. The molecule has 1 atom stereocenters. The van der Waals surface area contributed by atoms with Crippen molar-refractivity contribution in [1.29, 1.82) is 0 Å². The van der Waals surface area contributed by atoms with Crippen LogP contribution in [0, 0.1) is 6.92 Å². The van der Waals surface area contributed by atoms with Gasteiger partial charge in [0.1, 0.15) is 12.4 Å². The summed E-state index contributed by atoms with van der Waals surface area (Å²) >= 11 is 6.02. The van der Waals surface area contributed by atoms with Gasteiger partial charge in [-0.25, -0.2) is 0 Å². The zero-order valence-electron chi connectivity index (χ0n) is 12.8. The number of aryl methyl sites for hydroxylation is 2. The van der Waals surface area contributed by atoms with Crippen molar-refractivity contribution in [1.82, 2.24) is 5.32 Å². The third-order valence-corrected chi connectivity index (χ3v) is 3.93. The maximum Gasteiger partial charge on any atom is 0.123 e. The minimum atomic E-state index is 0.161. The summed E-state index contributed by atoms with van der Waals surface area (Å²) in [6.07, 6.45) is 1.06. The molecule has 0 heterocycles. The molecule has 1 unspecified atom stereocenters. The van der Waals surface area contributed by atoms with Crippen molar-refractivity contribution in [2.75, 3.05) is 13.7 Å². The highest BCUT2D eigenvalue weighted by Gasteiger charge is 2.11. The van der Waals surface area contributed by atoms with E-state index in [1.807, 2.05) is 32.2 Å². The van der Waals surface area contributed by atoms with Crippen LogP contribution in [0.25, 0.3) is 0 Å². The Morgan fingerprint density at radius 2 is 1.86 bits per heavy atom. The SMILES string of the molecule is CCc1ccc(C(COc2cc(Cl)ccc2C)NC)cc1. The Kier molecular flexibility index (Phi) is 5.66. The van der Waals surface area contributed by atoms with Crippen molar-refractivity contribution in [2.45, 2.75) is 26.3 Å². The van der Waals surface area contributed by atoms with Crippen LogP contribution in [-0.2, 0) is 6.42 Å². The van der Waals surface area contributed by atoms with Crippen molar-refractivity contribution >= 4 is 11.6 Å². The van der Waals surface area contributed by atoms with E-state index in [1.165, 1.54) is 11.1 Å². The summed E-state index contributed by atoms with van der Waals surface area (Å²) in [5.74, 6) is 0.841. The van der Waals surface area contributed by atoms with Crippen LogP contribution in [-0.4, -0.2) is 13.7 Å². The fraction of sp³-hybridized carbons (Fsp3) is 0.333. The Hall–Kier alpha value is -1.51. The van der Waals surface area contributed by atoms with Gasteiger partial charge in [-0.1, -0.05) is 48.9 Å². The lowest BCUT2D eigenvalue weighted by Gasteiger charge is -2.19. The van der Waals surface area contributed by atoms with Gasteiger partial charge in [0.25, 0.3) is 0 Å². The third-order valence-electron chi connectivity index (χ3n) is 3.69. The zero-order chi connectivity index (χ0) is 15.2. The first kappa shape index (κ1) is 15.9. The van der Waals surface area contributed by atoms with E-state index in [0.29, 0.717) is 11.6 Å². The molecule has 0 spiro atoms. The van der Waals surface area contributed by atoms with Gasteiger partial charge >= 0.3 is 0 Å². The lowest BCUT2D eigenvalue weighted by Crippen LogP contribution is -2.23. The molecule has 0 saturated carbocycles. The predicted molar refractivity (Wildman–Crippen MR) is 89.3 cm³/mol. The summed E-state index contributed by atoms with van der Waals surface area (Å²) in [6.45, 7) is 4.76. The van der Waals surface area contributed by atoms with Gasteiger partial charge in [-0.2, -0.15) is 0 Å². The van der Waals surface area contributed by atoms with Gasteiger partial charge in [-0.3, -0.25) is 0 Å². The average molecular weight is 304 g/mol. The van der Waals surface area contributed by atoms with Crippen molar-refractivity contribution in [3.8, 4) is 5.75 Å². The fourth-order valence-corrected chi connectivity index (χ4v) is 2.40. The Bertz CT molecular complexity index is 580. The number of likely N-dealkylation sites (N-methyl/N-ethyl adjacent to an activating group) is 1. The summed E-state index contributed by atoms with van der Waals surface area (Å²) in [5, 5.41) is 4.00. The number of hydrogen-bond acceptors (Lipinski definition) is 2. The quantitative estimate of drug-likeness (QED) is 0.845. The Morgan fingerprint density at radius 1 is 1.14 bits per heavy atom. The molecular weight excluding hydrogens is 282 g/mol. The first-order valence-corrected chi connectivity index (χ1v) is 7.67. The Labute approximate surface area is 132 Å². The van der Waals surface area contributed by atoms with Crippen molar-refractivity contribution in [3.63, 3.8) is 0 Å². The molecule has 112 valence electrons. The molecule has 0 aliphatic heterocycles. The van der Waals surface area contributed by atoms with E-state index in [0.717, 1.165) is 17.7 Å². The molecule has 0 fully saturated rings. The molecule has 3 heteroatoms. The van der Waals surface area contributed by atoms with E-state index >= 15 is 0 Å².